The summed E-state index contributed by atoms with van der Waals surface area (Å²) >= 11 is 0. The molecule has 0 saturated carbocycles. The van der Waals surface area contributed by atoms with Crippen LogP contribution >= 0.6 is 0 Å². The molecule has 1 amide bonds. The first-order valence-corrected chi connectivity index (χ1v) is 6.93. The molecule has 0 radical (unpaired) electrons. The minimum Gasteiger partial charge on any atom is -0.481 e. The standard InChI is InChI=1S/C15H20N2O3/c16-15(20)12-3-1-2-4-13(12)17-9-7-11(8-10-17)5-6-14(18)19/h1-4,11H,5-10H2,(H2,16,20)(H,18,19). The molecule has 0 unspecified atom stereocenters. The molecule has 0 spiro atoms. The number of hydrogen-bond donors (Lipinski definition) is 2. The molecule has 5 nitrogen and oxygen atoms in total. The molecule has 0 bridgehead atoms. The first-order valence-electron chi connectivity index (χ1n) is 6.93. The first kappa shape index (κ1) is 14.4. The smallest absolute Gasteiger partial charge is 0.303 e. The summed E-state index contributed by atoms with van der Waals surface area (Å²) in [5.74, 6) is -0.678. The molecule has 20 heavy (non-hydrogen) atoms. The number of amides is 1. The summed E-state index contributed by atoms with van der Waals surface area (Å²) in [6.07, 6.45) is 2.89. The molecule has 1 aromatic carbocycles. The molecule has 0 atom stereocenters. The predicted molar refractivity (Wildman–Crippen MR) is 76.8 cm³/mol. The fourth-order valence-electron chi connectivity index (χ4n) is 2.75. The third kappa shape index (κ3) is 3.50. The van der Waals surface area contributed by atoms with Crippen LogP contribution in [0.1, 0.15) is 36.0 Å². The van der Waals surface area contributed by atoms with Gasteiger partial charge in [-0.15, -0.1) is 0 Å². The Hall–Kier alpha value is -2.04. The SMILES string of the molecule is NC(=O)c1ccccc1N1CCC(CCC(=O)O)CC1. The summed E-state index contributed by atoms with van der Waals surface area (Å²) in [7, 11) is 0. The van der Waals surface area contributed by atoms with Gasteiger partial charge in [-0.2, -0.15) is 0 Å². The second-order valence-electron chi connectivity index (χ2n) is 5.24. The van der Waals surface area contributed by atoms with Crippen LogP contribution in [-0.4, -0.2) is 30.1 Å². The van der Waals surface area contributed by atoms with Crippen molar-refractivity contribution < 1.29 is 14.7 Å². The Morgan fingerprint density at radius 2 is 1.90 bits per heavy atom. The number of hydrogen-bond acceptors (Lipinski definition) is 3. The molecule has 1 aromatic rings. The van der Waals surface area contributed by atoms with Gasteiger partial charge in [0, 0.05) is 25.2 Å². The van der Waals surface area contributed by atoms with E-state index >= 15 is 0 Å². The van der Waals surface area contributed by atoms with Crippen LogP contribution in [0.2, 0.25) is 0 Å². The van der Waals surface area contributed by atoms with Crippen molar-refractivity contribution in [1.29, 1.82) is 0 Å². The van der Waals surface area contributed by atoms with Crippen molar-refractivity contribution in [3.8, 4) is 0 Å². The molecule has 1 heterocycles. The largest absolute Gasteiger partial charge is 0.481 e. The maximum atomic E-state index is 11.4. The lowest BCUT2D eigenvalue weighted by atomic mass is 9.91. The predicted octanol–water partition coefficient (Wildman–Crippen LogP) is 1.87. The van der Waals surface area contributed by atoms with Gasteiger partial charge >= 0.3 is 5.97 Å². The molecular formula is C15H20N2O3. The third-order valence-corrected chi connectivity index (χ3v) is 3.89. The van der Waals surface area contributed by atoms with Gasteiger partial charge in [0.2, 0.25) is 0 Å². The number of para-hydroxylation sites is 1. The molecule has 5 heteroatoms. The zero-order chi connectivity index (χ0) is 14.5. The van der Waals surface area contributed by atoms with Crippen LogP contribution in [0.5, 0.6) is 0 Å². The number of nitrogens with two attached hydrogens (primary N) is 1. The molecule has 1 aliphatic heterocycles. The molecule has 1 fully saturated rings. The molecule has 0 aliphatic carbocycles. The highest BCUT2D eigenvalue weighted by Crippen LogP contribution is 2.28. The van der Waals surface area contributed by atoms with Crippen LogP contribution in [0.15, 0.2) is 24.3 Å². The van der Waals surface area contributed by atoms with Crippen LogP contribution in [-0.2, 0) is 4.79 Å². The first-order chi connectivity index (χ1) is 9.58. The Morgan fingerprint density at radius 3 is 2.50 bits per heavy atom. The van der Waals surface area contributed by atoms with Gasteiger partial charge in [0.15, 0.2) is 0 Å². The van der Waals surface area contributed by atoms with Crippen molar-refractivity contribution >= 4 is 17.6 Å². The average Bonchev–Trinajstić information content (AvgIpc) is 2.45. The normalized spacial score (nSPS) is 16.1. The second kappa shape index (κ2) is 6.41. The van der Waals surface area contributed by atoms with Crippen molar-refractivity contribution in [3.05, 3.63) is 29.8 Å². The summed E-state index contributed by atoms with van der Waals surface area (Å²) < 4.78 is 0. The van der Waals surface area contributed by atoms with Crippen molar-refractivity contribution in [3.63, 3.8) is 0 Å². The maximum Gasteiger partial charge on any atom is 0.303 e. The number of primary amides is 1. The molecule has 1 aliphatic rings. The number of rotatable bonds is 5. The van der Waals surface area contributed by atoms with Crippen LogP contribution < -0.4 is 10.6 Å². The molecular weight excluding hydrogens is 256 g/mol. The van der Waals surface area contributed by atoms with E-state index in [1.807, 2.05) is 18.2 Å². The number of piperidine rings is 1. The molecule has 2 rings (SSSR count). The Kier molecular flexibility index (Phi) is 4.61. The zero-order valence-corrected chi connectivity index (χ0v) is 11.4. The van der Waals surface area contributed by atoms with E-state index < -0.39 is 11.9 Å². The molecule has 1 saturated heterocycles. The number of benzene rings is 1. The number of carboxylic acids is 1. The quantitative estimate of drug-likeness (QED) is 0.860. The van der Waals surface area contributed by atoms with Gasteiger partial charge in [-0.25, -0.2) is 0 Å². The highest BCUT2D eigenvalue weighted by atomic mass is 16.4. The van der Waals surface area contributed by atoms with Gasteiger partial charge in [-0.05, 0) is 37.3 Å². The van der Waals surface area contributed by atoms with Crippen LogP contribution in [0, 0.1) is 5.92 Å². The average molecular weight is 276 g/mol. The lowest BCUT2D eigenvalue weighted by Crippen LogP contribution is -2.35. The van der Waals surface area contributed by atoms with Crippen LogP contribution in [0.4, 0.5) is 5.69 Å². The summed E-state index contributed by atoms with van der Waals surface area (Å²) in [4.78, 5) is 24.2. The minimum absolute atomic E-state index is 0.239. The molecule has 3 N–H and O–H groups in total. The van der Waals surface area contributed by atoms with Gasteiger partial charge in [0.1, 0.15) is 0 Å². The number of carbonyl (C=O) groups excluding carboxylic acids is 1. The van der Waals surface area contributed by atoms with Crippen LogP contribution in [0.3, 0.4) is 0 Å². The van der Waals surface area contributed by atoms with E-state index in [1.54, 1.807) is 6.07 Å². The number of carbonyl (C=O) groups is 2. The Labute approximate surface area is 118 Å². The Morgan fingerprint density at radius 1 is 1.25 bits per heavy atom. The highest BCUT2D eigenvalue weighted by Gasteiger charge is 2.22. The van der Waals surface area contributed by atoms with E-state index in [1.165, 1.54) is 0 Å². The van der Waals surface area contributed by atoms with E-state index in [4.69, 9.17) is 10.8 Å². The molecule has 108 valence electrons. The van der Waals surface area contributed by atoms with E-state index in [9.17, 15) is 9.59 Å². The third-order valence-electron chi connectivity index (χ3n) is 3.89. The lowest BCUT2D eigenvalue weighted by molar-refractivity contribution is -0.137. The number of anilines is 1. The van der Waals surface area contributed by atoms with E-state index in [-0.39, 0.29) is 6.42 Å². The van der Waals surface area contributed by atoms with Gasteiger partial charge in [0.25, 0.3) is 5.91 Å². The summed E-state index contributed by atoms with van der Waals surface area (Å²) in [6.45, 7) is 1.68. The molecule has 0 aromatic heterocycles. The van der Waals surface area contributed by atoms with E-state index in [0.29, 0.717) is 11.5 Å². The number of aliphatic carboxylic acids is 1. The van der Waals surface area contributed by atoms with Crippen molar-refractivity contribution in [2.75, 3.05) is 18.0 Å². The maximum absolute atomic E-state index is 11.4. The van der Waals surface area contributed by atoms with Crippen LogP contribution in [0.25, 0.3) is 0 Å². The van der Waals surface area contributed by atoms with Gasteiger partial charge in [-0.1, -0.05) is 12.1 Å². The summed E-state index contributed by atoms with van der Waals surface area (Å²) in [6, 6.07) is 7.37. The lowest BCUT2D eigenvalue weighted by Gasteiger charge is -2.34. The number of nitrogens with zero attached hydrogens (tertiary/aromatic N) is 1. The van der Waals surface area contributed by atoms with Crippen molar-refractivity contribution in [1.82, 2.24) is 0 Å². The topological polar surface area (TPSA) is 83.6 Å². The Balaban J connectivity index is 1.97. The Bertz CT molecular complexity index is 494. The van der Waals surface area contributed by atoms with Gasteiger partial charge in [0.05, 0.1) is 5.56 Å². The van der Waals surface area contributed by atoms with Crippen molar-refractivity contribution in [2.24, 2.45) is 11.7 Å². The van der Waals surface area contributed by atoms with Crippen molar-refractivity contribution in [2.45, 2.75) is 25.7 Å². The van der Waals surface area contributed by atoms with Gasteiger partial charge in [-0.3, -0.25) is 9.59 Å². The summed E-state index contributed by atoms with van der Waals surface area (Å²) in [5.41, 5.74) is 6.84. The highest BCUT2D eigenvalue weighted by molar-refractivity contribution is 5.98. The monoisotopic (exact) mass is 276 g/mol. The fourth-order valence-corrected chi connectivity index (χ4v) is 2.75. The minimum atomic E-state index is -0.730. The summed E-state index contributed by atoms with van der Waals surface area (Å²) in [5, 5.41) is 8.71. The van der Waals surface area contributed by atoms with E-state index in [0.717, 1.165) is 38.0 Å². The van der Waals surface area contributed by atoms with Gasteiger partial charge < -0.3 is 15.7 Å². The zero-order valence-electron chi connectivity index (χ0n) is 11.4. The van der Waals surface area contributed by atoms with E-state index in [2.05, 4.69) is 4.90 Å². The second-order valence-corrected chi connectivity index (χ2v) is 5.24. The fraction of sp³-hybridized carbons (Fsp3) is 0.467. The number of carboxylic acid groups (broad SMARTS) is 1.